The topological polar surface area (TPSA) is 90.0 Å². The molecule has 6 rings (SSSR count). The summed E-state index contributed by atoms with van der Waals surface area (Å²) in [6.07, 6.45) is 6.92. The van der Waals surface area contributed by atoms with E-state index in [0.717, 1.165) is 11.1 Å². The highest BCUT2D eigenvalue weighted by atomic mass is 16.7. The fraction of sp³-hybridized carbons (Fsp3) is 0.348. The van der Waals surface area contributed by atoms with Gasteiger partial charge in [-0.2, -0.15) is 0 Å². The van der Waals surface area contributed by atoms with E-state index >= 15 is 0 Å². The summed E-state index contributed by atoms with van der Waals surface area (Å²) in [6, 6.07) is 9.41. The number of carbonyl (C=O) groups is 2. The number of nitrogens with one attached hydrogen (secondary N) is 1. The molecule has 8 heteroatoms. The van der Waals surface area contributed by atoms with Crippen LogP contribution in [0, 0.1) is 11.8 Å². The molecule has 0 unspecified atom stereocenters. The molecule has 1 aromatic carbocycles. The highest BCUT2D eigenvalue weighted by molar-refractivity contribution is 5.93. The average molecular weight is 419 g/mol. The first-order chi connectivity index (χ1) is 15.1. The van der Waals surface area contributed by atoms with Crippen LogP contribution in [-0.4, -0.2) is 46.7 Å². The van der Waals surface area contributed by atoms with Crippen molar-refractivity contribution in [2.75, 3.05) is 13.3 Å². The summed E-state index contributed by atoms with van der Waals surface area (Å²) in [5, 5.41) is 2.95. The fourth-order valence-electron chi connectivity index (χ4n) is 5.08. The number of pyridine rings is 1. The zero-order chi connectivity index (χ0) is 21.0. The molecular weight excluding hydrogens is 398 g/mol. The molecule has 4 aliphatic heterocycles. The second kappa shape index (κ2) is 6.81. The summed E-state index contributed by atoms with van der Waals surface area (Å²) in [6.45, 7) is 1.45. The zero-order valence-electron chi connectivity index (χ0n) is 16.7. The van der Waals surface area contributed by atoms with Crippen LogP contribution in [0.4, 0.5) is 0 Å². The lowest BCUT2D eigenvalue weighted by Crippen LogP contribution is -2.43. The molecule has 5 heterocycles. The molecule has 2 fully saturated rings. The highest BCUT2D eigenvalue weighted by Crippen LogP contribution is 2.52. The van der Waals surface area contributed by atoms with Crippen LogP contribution in [0.25, 0.3) is 0 Å². The van der Waals surface area contributed by atoms with Gasteiger partial charge in [0.25, 0.3) is 0 Å². The molecule has 2 bridgehead atoms. The molecule has 31 heavy (non-hydrogen) atoms. The third-order valence-corrected chi connectivity index (χ3v) is 6.48. The molecule has 4 aliphatic rings. The average Bonchev–Trinajstić information content (AvgIpc) is 3.54. The second-order valence-corrected chi connectivity index (χ2v) is 8.36. The highest BCUT2D eigenvalue weighted by Gasteiger charge is 2.66. The van der Waals surface area contributed by atoms with Crippen LogP contribution in [0.1, 0.15) is 11.1 Å². The smallest absolute Gasteiger partial charge is 0.231 e. The van der Waals surface area contributed by atoms with Gasteiger partial charge in [-0.1, -0.05) is 24.3 Å². The summed E-state index contributed by atoms with van der Waals surface area (Å²) < 4.78 is 17.0. The number of carbonyl (C=O) groups excluding carboxylic acids is 2. The van der Waals surface area contributed by atoms with Crippen LogP contribution in [0.15, 0.2) is 54.9 Å². The van der Waals surface area contributed by atoms with E-state index in [1.165, 1.54) is 0 Å². The normalized spacial score (nSPS) is 29.5. The van der Waals surface area contributed by atoms with Gasteiger partial charge in [-0.15, -0.1) is 0 Å². The summed E-state index contributed by atoms with van der Waals surface area (Å²) in [5.41, 5.74) is 1.13. The maximum absolute atomic E-state index is 13.4. The minimum absolute atomic E-state index is 0.0500. The monoisotopic (exact) mass is 419 g/mol. The molecule has 4 atom stereocenters. The number of benzene rings is 1. The van der Waals surface area contributed by atoms with Crippen LogP contribution in [0.3, 0.4) is 0 Å². The van der Waals surface area contributed by atoms with Crippen molar-refractivity contribution in [1.82, 2.24) is 15.2 Å². The van der Waals surface area contributed by atoms with E-state index in [0.29, 0.717) is 31.1 Å². The molecule has 158 valence electrons. The van der Waals surface area contributed by atoms with Crippen molar-refractivity contribution in [3.8, 4) is 11.5 Å². The Labute approximate surface area is 178 Å². The largest absolute Gasteiger partial charge is 0.454 e. The van der Waals surface area contributed by atoms with E-state index in [1.807, 2.05) is 42.5 Å². The quantitative estimate of drug-likeness (QED) is 0.737. The van der Waals surface area contributed by atoms with E-state index in [-0.39, 0.29) is 24.7 Å². The number of aromatic nitrogens is 1. The standard InChI is InChI=1S/C23H21N3O5/c27-21(25-10-15-2-1-7-24-9-15)19-17-5-6-23(31-17)12-26(22(28)20(19)23)11-14-3-4-16-18(8-14)30-13-29-16/h1-9,17,19-20H,10-13H2,(H,25,27)/t17-,19-,20-,23-/m0/s1. The van der Waals surface area contributed by atoms with E-state index in [1.54, 1.807) is 17.3 Å². The van der Waals surface area contributed by atoms with Crippen LogP contribution in [0.5, 0.6) is 11.5 Å². The first-order valence-electron chi connectivity index (χ1n) is 10.3. The lowest BCUT2D eigenvalue weighted by Gasteiger charge is -2.23. The van der Waals surface area contributed by atoms with Gasteiger partial charge in [0.1, 0.15) is 5.60 Å². The van der Waals surface area contributed by atoms with Crippen molar-refractivity contribution >= 4 is 11.8 Å². The van der Waals surface area contributed by atoms with Gasteiger partial charge in [0.15, 0.2) is 11.5 Å². The van der Waals surface area contributed by atoms with Crippen molar-refractivity contribution < 1.29 is 23.8 Å². The Morgan fingerprint density at radius 3 is 3.00 bits per heavy atom. The molecule has 0 radical (unpaired) electrons. The Balaban J connectivity index is 1.19. The Kier molecular flexibility index (Phi) is 4.04. The minimum Gasteiger partial charge on any atom is -0.454 e. The predicted octanol–water partition coefficient (Wildman–Crippen LogP) is 1.41. The van der Waals surface area contributed by atoms with Gasteiger partial charge in [-0.25, -0.2) is 0 Å². The molecule has 2 aromatic rings. The number of nitrogens with zero attached hydrogens (tertiary/aromatic N) is 2. The van der Waals surface area contributed by atoms with Gasteiger partial charge in [-0.3, -0.25) is 14.6 Å². The number of hydrogen-bond acceptors (Lipinski definition) is 6. The van der Waals surface area contributed by atoms with Crippen molar-refractivity contribution in [2.24, 2.45) is 11.8 Å². The second-order valence-electron chi connectivity index (χ2n) is 8.36. The predicted molar refractivity (Wildman–Crippen MR) is 108 cm³/mol. The number of ether oxygens (including phenoxy) is 3. The number of amides is 2. The third kappa shape index (κ3) is 2.90. The molecule has 2 saturated heterocycles. The third-order valence-electron chi connectivity index (χ3n) is 6.48. The number of fused-ring (bicyclic) bond motifs is 2. The molecule has 1 spiro atoms. The SMILES string of the molecule is O=C(NCc1cccnc1)[C@H]1[C@@H]2C=C[C@@]3(CN(Cc4ccc5c(c4)OCO5)C(=O)[C@H]13)O2. The molecule has 2 amide bonds. The Hall–Kier alpha value is -3.39. The molecule has 8 nitrogen and oxygen atoms in total. The van der Waals surface area contributed by atoms with Crippen molar-refractivity contribution in [2.45, 2.75) is 24.8 Å². The lowest BCUT2D eigenvalue weighted by atomic mass is 9.77. The maximum atomic E-state index is 13.4. The van der Waals surface area contributed by atoms with Crippen molar-refractivity contribution in [3.63, 3.8) is 0 Å². The van der Waals surface area contributed by atoms with E-state index < -0.39 is 17.4 Å². The van der Waals surface area contributed by atoms with E-state index in [9.17, 15) is 9.59 Å². The fourth-order valence-corrected chi connectivity index (χ4v) is 5.08. The van der Waals surface area contributed by atoms with Gasteiger partial charge in [0.05, 0.1) is 24.5 Å². The minimum atomic E-state index is -0.728. The molecule has 1 aromatic heterocycles. The van der Waals surface area contributed by atoms with Crippen LogP contribution >= 0.6 is 0 Å². The van der Waals surface area contributed by atoms with Gasteiger partial charge in [0.2, 0.25) is 18.6 Å². The van der Waals surface area contributed by atoms with Gasteiger partial charge < -0.3 is 24.4 Å². The van der Waals surface area contributed by atoms with Crippen molar-refractivity contribution in [3.05, 3.63) is 66.0 Å². The Morgan fingerprint density at radius 2 is 2.13 bits per heavy atom. The van der Waals surface area contributed by atoms with Gasteiger partial charge in [0, 0.05) is 25.5 Å². The summed E-state index contributed by atoms with van der Waals surface area (Å²) in [5.74, 6) is 0.144. The summed E-state index contributed by atoms with van der Waals surface area (Å²) >= 11 is 0. The van der Waals surface area contributed by atoms with Crippen LogP contribution in [-0.2, 0) is 27.4 Å². The Morgan fingerprint density at radius 1 is 1.23 bits per heavy atom. The zero-order valence-corrected chi connectivity index (χ0v) is 16.7. The molecular formula is C23H21N3O5. The summed E-state index contributed by atoms with van der Waals surface area (Å²) in [7, 11) is 0. The van der Waals surface area contributed by atoms with Crippen LogP contribution < -0.4 is 14.8 Å². The lowest BCUT2D eigenvalue weighted by molar-refractivity contribution is -0.137. The van der Waals surface area contributed by atoms with Crippen LogP contribution in [0.2, 0.25) is 0 Å². The molecule has 0 saturated carbocycles. The number of rotatable bonds is 5. The molecule has 1 N–H and O–H groups in total. The number of likely N-dealkylation sites (tertiary alicyclic amines) is 1. The van der Waals surface area contributed by atoms with Gasteiger partial charge >= 0.3 is 0 Å². The summed E-state index contributed by atoms with van der Waals surface area (Å²) in [4.78, 5) is 32.2. The maximum Gasteiger partial charge on any atom is 0.231 e. The van der Waals surface area contributed by atoms with E-state index in [4.69, 9.17) is 14.2 Å². The number of hydrogen-bond donors (Lipinski definition) is 1. The first-order valence-corrected chi connectivity index (χ1v) is 10.3. The Bertz CT molecular complexity index is 1090. The van der Waals surface area contributed by atoms with E-state index in [2.05, 4.69) is 10.3 Å². The first kappa shape index (κ1) is 18.4. The van der Waals surface area contributed by atoms with Crippen molar-refractivity contribution in [1.29, 1.82) is 0 Å². The van der Waals surface area contributed by atoms with Gasteiger partial charge in [-0.05, 0) is 29.3 Å². The molecule has 0 aliphatic carbocycles.